The van der Waals surface area contributed by atoms with Crippen LogP contribution in [0.25, 0.3) is 0 Å². The second kappa shape index (κ2) is 6.31. The van der Waals surface area contributed by atoms with E-state index in [0.717, 1.165) is 19.3 Å². The van der Waals surface area contributed by atoms with Crippen molar-refractivity contribution in [3.05, 3.63) is 0 Å². The number of hydrogen-bond acceptors (Lipinski definition) is 3. The third-order valence-corrected chi connectivity index (χ3v) is 4.65. The van der Waals surface area contributed by atoms with Gasteiger partial charge in [0.25, 0.3) is 0 Å². The van der Waals surface area contributed by atoms with E-state index < -0.39 is 5.60 Å². The summed E-state index contributed by atoms with van der Waals surface area (Å²) in [5, 5.41) is 12.9. The van der Waals surface area contributed by atoms with E-state index in [0.29, 0.717) is 6.54 Å². The lowest BCUT2D eigenvalue weighted by molar-refractivity contribution is -0.120. The van der Waals surface area contributed by atoms with Crippen molar-refractivity contribution < 1.29 is 14.6 Å². The Balaban J connectivity index is 2.63. The van der Waals surface area contributed by atoms with Crippen molar-refractivity contribution in [2.75, 3.05) is 20.7 Å². The maximum Gasteiger partial charge on any atom is 0.317 e. The van der Waals surface area contributed by atoms with Gasteiger partial charge in [-0.15, -0.1) is 0 Å². The minimum absolute atomic E-state index is 0.0416. The van der Waals surface area contributed by atoms with E-state index in [9.17, 15) is 9.90 Å². The van der Waals surface area contributed by atoms with E-state index in [4.69, 9.17) is 4.74 Å². The van der Waals surface area contributed by atoms with Crippen molar-refractivity contribution in [1.82, 2.24) is 10.2 Å². The molecular formula is C15H30N2O3. The number of nitrogens with zero attached hydrogens (tertiary/aromatic N) is 1. The topological polar surface area (TPSA) is 61.8 Å². The summed E-state index contributed by atoms with van der Waals surface area (Å²) < 4.78 is 5.53. The molecule has 118 valence electrons. The molecule has 0 aliphatic heterocycles. The molecule has 2 amide bonds. The van der Waals surface area contributed by atoms with Crippen LogP contribution in [-0.4, -0.2) is 54.5 Å². The quantitative estimate of drug-likeness (QED) is 0.785. The molecule has 0 saturated heterocycles. The van der Waals surface area contributed by atoms with Gasteiger partial charge in [-0.05, 0) is 33.1 Å². The Morgan fingerprint density at radius 2 is 2.00 bits per heavy atom. The molecule has 0 aromatic heterocycles. The molecule has 2 N–H and O–H groups in total. The smallest absolute Gasteiger partial charge is 0.317 e. The van der Waals surface area contributed by atoms with Gasteiger partial charge in [0.2, 0.25) is 0 Å². The van der Waals surface area contributed by atoms with Gasteiger partial charge in [0.15, 0.2) is 0 Å². The van der Waals surface area contributed by atoms with Gasteiger partial charge in [-0.2, -0.15) is 0 Å². The minimum atomic E-state index is -0.882. The van der Waals surface area contributed by atoms with E-state index in [1.807, 2.05) is 0 Å². The zero-order valence-corrected chi connectivity index (χ0v) is 13.7. The zero-order valence-electron chi connectivity index (χ0n) is 13.7. The maximum absolute atomic E-state index is 12.2. The SMILES string of the molecule is CCC1(CC)C(NC(=O)N(C)CC(C)(C)O)CC1OC. The third-order valence-electron chi connectivity index (χ3n) is 4.65. The predicted molar refractivity (Wildman–Crippen MR) is 79.7 cm³/mol. The highest BCUT2D eigenvalue weighted by Crippen LogP contribution is 2.48. The van der Waals surface area contributed by atoms with Crippen LogP contribution in [0.15, 0.2) is 0 Å². The molecule has 1 rings (SSSR count). The van der Waals surface area contributed by atoms with Crippen molar-refractivity contribution in [3.63, 3.8) is 0 Å². The number of carbonyl (C=O) groups is 1. The standard InChI is InChI=1S/C15H30N2O3/c1-7-15(8-2)11(9-12(15)20-6)16-13(18)17(5)10-14(3,4)19/h11-12,19H,7-10H2,1-6H3,(H,16,18). The van der Waals surface area contributed by atoms with Crippen molar-refractivity contribution in [1.29, 1.82) is 0 Å². The van der Waals surface area contributed by atoms with Gasteiger partial charge in [0.1, 0.15) is 0 Å². The largest absolute Gasteiger partial charge is 0.389 e. The summed E-state index contributed by atoms with van der Waals surface area (Å²) in [6.07, 6.45) is 3.06. The van der Waals surface area contributed by atoms with Crippen LogP contribution < -0.4 is 5.32 Å². The highest BCUT2D eigenvalue weighted by molar-refractivity contribution is 5.74. The fraction of sp³-hybridized carbons (Fsp3) is 0.933. The first-order valence-electron chi connectivity index (χ1n) is 7.47. The number of urea groups is 1. The molecule has 5 nitrogen and oxygen atoms in total. The minimum Gasteiger partial charge on any atom is -0.389 e. The van der Waals surface area contributed by atoms with Gasteiger partial charge >= 0.3 is 6.03 Å². The zero-order chi connectivity index (χ0) is 15.6. The van der Waals surface area contributed by atoms with Crippen LogP contribution in [0, 0.1) is 5.41 Å². The van der Waals surface area contributed by atoms with E-state index in [1.54, 1.807) is 28.0 Å². The summed E-state index contributed by atoms with van der Waals surface area (Å²) in [4.78, 5) is 13.7. The van der Waals surface area contributed by atoms with Crippen molar-refractivity contribution >= 4 is 6.03 Å². The molecule has 20 heavy (non-hydrogen) atoms. The van der Waals surface area contributed by atoms with Gasteiger partial charge in [-0.3, -0.25) is 0 Å². The lowest BCUT2D eigenvalue weighted by Gasteiger charge is -2.55. The Hall–Kier alpha value is -0.810. The van der Waals surface area contributed by atoms with Crippen LogP contribution in [0.4, 0.5) is 4.79 Å². The van der Waals surface area contributed by atoms with Crippen LogP contribution in [-0.2, 0) is 4.74 Å². The molecule has 0 heterocycles. The Morgan fingerprint density at radius 1 is 1.45 bits per heavy atom. The second-order valence-corrected chi connectivity index (χ2v) is 6.57. The molecule has 2 atom stereocenters. The van der Waals surface area contributed by atoms with Crippen molar-refractivity contribution in [2.45, 2.75) is 64.7 Å². The van der Waals surface area contributed by atoms with Crippen LogP contribution in [0.2, 0.25) is 0 Å². The molecule has 0 radical (unpaired) electrons. The van der Waals surface area contributed by atoms with E-state index in [2.05, 4.69) is 19.2 Å². The Bertz CT molecular complexity index is 335. The maximum atomic E-state index is 12.2. The summed E-state index contributed by atoms with van der Waals surface area (Å²) in [7, 11) is 3.45. The van der Waals surface area contributed by atoms with E-state index >= 15 is 0 Å². The number of hydrogen-bond donors (Lipinski definition) is 2. The Kier molecular flexibility index (Phi) is 5.44. The molecule has 5 heteroatoms. The van der Waals surface area contributed by atoms with Crippen molar-refractivity contribution in [2.24, 2.45) is 5.41 Å². The monoisotopic (exact) mass is 286 g/mol. The molecule has 1 saturated carbocycles. The number of rotatable bonds is 6. The molecule has 2 unspecified atom stereocenters. The number of likely N-dealkylation sites (N-methyl/N-ethyl adjacent to an activating group) is 1. The van der Waals surface area contributed by atoms with E-state index in [-0.39, 0.29) is 23.6 Å². The van der Waals surface area contributed by atoms with Crippen LogP contribution in [0.3, 0.4) is 0 Å². The van der Waals surface area contributed by atoms with E-state index in [1.165, 1.54) is 4.90 Å². The highest BCUT2D eigenvalue weighted by Gasteiger charge is 2.53. The number of ether oxygens (including phenoxy) is 1. The van der Waals surface area contributed by atoms with Crippen LogP contribution in [0.1, 0.15) is 47.0 Å². The summed E-state index contributed by atoms with van der Waals surface area (Å²) >= 11 is 0. The Labute approximate surface area is 122 Å². The fourth-order valence-corrected chi connectivity index (χ4v) is 3.39. The van der Waals surface area contributed by atoms with Crippen LogP contribution in [0.5, 0.6) is 0 Å². The summed E-state index contributed by atoms with van der Waals surface area (Å²) in [6.45, 7) is 8.00. The number of nitrogens with one attached hydrogen (secondary N) is 1. The average Bonchev–Trinajstić information content (AvgIpc) is 2.33. The normalized spacial score (nSPS) is 24.9. The summed E-state index contributed by atoms with van der Waals surface area (Å²) in [5.74, 6) is 0. The molecule has 0 aromatic rings. The summed E-state index contributed by atoms with van der Waals surface area (Å²) in [5.41, 5.74) is -0.840. The highest BCUT2D eigenvalue weighted by atomic mass is 16.5. The number of carbonyl (C=O) groups excluding carboxylic acids is 1. The van der Waals surface area contributed by atoms with Crippen molar-refractivity contribution in [3.8, 4) is 0 Å². The first kappa shape index (κ1) is 17.2. The van der Waals surface area contributed by atoms with Crippen LogP contribution >= 0.6 is 0 Å². The Morgan fingerprint density at radius 3 is 2.40 bits per heavy atom. The third kappa shape index (κ3) is 3.44. The number of methoxy groups -OCH3 is 1. The average molecular weight is 286 g/mol. The van der Waals surface area contributed by atoms with Gasteiger partial charge < -0.3 is 20.1 Å². The fourth-order valence-electron chi connectivity index (χ4n) is 3.39. The molecule has 0 bridgehead atoms. The molecule has 0 aromatic carbocycles. The molecule has 0 spiro atoms. The second-order valence-electron chi connectivity index (χ2n) is 6.57. The first-order valence-corrected chi connectivity index (χ1v) is 7.47. The number of aliphatic hydroxyl groups is 1. The van der Waals surface area contributed by atoms with Gasteiger partial charge in [0, 0.05) is 25.6 Å². The van der Waals surface area contributed by atoms with Gasteiger partial charge in [-0.1, -0.05) is 13.8 Å². The molecular weight excluding hydrogens is 256 g/mol. The lowest BCUT2D eigenvalue weighted by Crippen LogP contribution is -2.65. The number of amides is 2. The first-order chi connectivity index (χ1) is 9.20. The predicted octanol–water partition coefficient (Wildman–Crippen LogP) is 1.99. The molecule has 1 aliphatic rings. The van der Waals surface area contributed by atoms with Gasteiger partial charge in [0.05, 0.1) is 18.2 Å². The molecule has 1 fully saturated rings. The summed E-state index contributed by atoms with van der Waals surface area (Å²) in [6, 6.07) is 0.0251. The van der Waals surface area contributed by atoms with Gasteiger partial charge in [-0.25, -0.2) is 4.79 Å². The lowest BCUT2D eigenvalue weighted by atomic mass is 9.58. The molecule has 1 aliphatic carbocycles.